The number of nitrogens with one attached hydrogen (secondary N) is 1. The van der Waals surface area contributed by atoms with Crippen LogP contribution in [-0.4, -0.2) is 22.9 Å². The highest BCUT2D eigenvalue weighted by Gasteiger charge is 2.19. The van der Waals surface area contributed by atoms with Crippen LogP contribution in [0.1, 0.15) is 43.8 Å². The Bertz CT molecular complexity index is 339. The molecular weight excluding hydrogens is 198 g/mol. The van der Waals surface area contributed by atoms with Gasteiger partial charge < -0.3 is 5.32 Å². The average molecular weight is 223 g/mol. The van der Waals surface area contributed by atoms with E-state index >= 15 is 0 Å². The van der Waals surface area contributed by atoms with Gasteiger partial charge in [-0.15, -0.1) is 0 Å². The maximum Gasteiger partial charge on any atom is 0.0669 e. The first-order valence-electron chi connectivity index (χ1n) is 6.22. The number of aromatic nitrogens is 2. The number of hydrogen-bond donors (Lipinski definition) is 1. The van der Waals surface area contributed by atoms with Crippen molar-refractivity contribution in [3.05, 3.63) is 17.0 Å². The second-order valence-corrected chi connectivity index (χ2v) is 4.86. The molecule has 1 unspecified atom stereocenters. The third kappa shape index (κ3) is 2.64. The molecule has 92 valence electrons. The summed E-state index contributed by atoms with van der Waals surface area (Å²) in [6.45, 7) is 15.1. The second-order valence-electron chi connectivity index (χ2n) is 4.86. The Labute approximate surface area is 99.2 Å². The molecule has 0 aliphatic carbocycles. The fraction of sp³-hybridized carbons (Fsp3) is 0.769. The summed E-state index contributed by atoms with van der Waals surface area (Å²) in [6.07, 6.45) is 0. The largest absolute Gasteiger partial charge is 0.315 e. The van der Waals surface area contributed by atoms with Crippen molar-refractivity contribution in [3.8, 4) is 0 Å². The zero-order valence-corrected chi connectivity index (χ0v) is 11.5. The maximum atomic E-state index is 4.66. The molecule has 0 fully saturated rings. The predicted molar refractivity (Wildman–Crippen MR) is 68.9 cm³/mol. The first-order valence-corrected chi connectivity index (χ1v) is 6.22. The minimum atomic E-state index is 0.451. The van der Waals surface area contributed by atoms with E-state index in [4.69, 9.17) is 0 Å². The molecule has 0 amide bonds. The van der Waals surface area contributed by atoms with Crippen LogP contribution in [0.25, 0.3) is 0 Å². The van der Waals surface area contributed by atoms with Crippen molar-refractivity contribution in [2.24, 2.45) is 5.92 Å². The van der Waals surface area contributed by atoms with Gasteiger partial charge in [0, 0.05) is 12.2 Å². The van der Waals surface area contributed by atoms with Crippen molar-refractivity contribution in [2.75, 3.05) is 13.1 Å². The molecule has 0 aliphatic heterocycles. The third-order valence-electron chi connectivity index (χ3n) is 3.37. The van der Waals surface area contributed by atoms with Crippen molar-refractivity contribution in [1.82, 2.24) is 15.1 Å². The quantitative estimate of drug-likeness (QED) is 0.831. The zero-order valence-electron chi connectivity index (χ0n) is 11.5. The Hall–Kier alpha value is -0.830. The molecule has 1 atom stereocenters. The van der Waals surface area contributed by atoms with Gasteiger partial charge in [0.15, 0.2) is 0 Å². The van der Waals surface area contributed by atoms with E-state index in [9.17, 15) is 0 Å². The van der Waals surface area contributed by atoms with E-state index in [0.29, 0.717) is 12.0 Å². The van der Waals surface area contributed by atoms with E-state index in [1.165, 1.54) is 11.3 Å². The molecule has 1 aromatic heterocycles. The van der Waals surface area contributed by atoms with Gasteiger partial charge >= 0.3 is 0 Å². The van der Waals surface area contributed by atoms with Crippen LogP contribution in [0, 0.1) is 26.7 Å². The van der Waals surface area contributed by atoms with Gasteiger partial charge in [0.05, 0.1) is 11.7 Å². The molecule has 0 aliphatic rings. The van der Waals surface area contributed by atoms with Crippen molar-refractivity contribution in [2.45, 2.75) is 47.6 Å². The van der Waals surface area contributed by atoms with Crippen molar-refractivity contribution in [3.63, 3.8) is 0 Å². The number of nitrogens with zero attached hydrogens (tertiary/aromatic N) is 2. The van der Waals surface area contributed by atoms with Crippen molar-refractivity contribution in [1.29, 1.82) is 0 Å². The fourth-order valence-corrected chi connectivity index (χ4v) is 1.96. The maximum absolute atomic E-state index is 4.66. The van der Waals surface area contributed by atoms with Gasteiger partial charge in [-0.1, -0.05) is 20.8 Å². The molecule has 0 saturated heterocycles. The van der Waals surface area contributed by atoms with Crippen LogP contribution in [0.5, 0.6) is 0 Å². The summed E-state index contributed by atoms with van der Waals surface area (Å²) < 4.78 is 2.19. The van der Waals surface area contributed by atoms with Crippen LogP contribution in [0.3, 0.4) is 0 Å². The number of hydrogen-bond acceptors (Lipinski definition) is 2. The first kappa shape index (κ1) is 13.2. The summed E-state index contributed by atoms with van der Waals surface area (Å²) in [7, 11) is 0. The van der Waals surface area contributed by atoms with Crippen LogP contribution in [0.2, 0.25) is 0 Å². The molecule has 0 radical (unpaired) electrons. The van der Waals surface area contributed by atoms with E-state index in [2.05, 4.69) is 56.6 Å². The van der Waals surface area contributed by atoms with Gasteiger partial charge in [-0.2, -0.15) is 5.10 Å². The van der Waals surface area contributed by atoms with Gasteiger partial charge in [0.2, 0.25) is 0 Å². The molecule has 3 heteroatoms. The van der Waals surface area contributed by atoms with Gasteiger partial charge in [-0.25, -0.2) is 0 Å². The van der Waals surface area contributed by atoms with Gasteiger partial charge in [0.25, 0.3) is 0 Å². The molecule has 0 bridgehead atoms. The smallest absolute Gasteiger partial charge is 0.0669 e. The lowest BCUT2D eigenvalue weighted by molar-refractivity contribution is 0.326. The fourth-order valence-electron chi connectivity index (χ4n) is 1.96. The highest BCUT2D eigenvalue weighted by molar-refractivity contribution is 5.22. The molecule has 0 aromatic carbocycles. The second kappa shape index (κ2) is 5.48. The normalized spacial score (nSPS) is 13.4. The van der Waals surface area contributed by atoms with Gasteiger partial charge in [-0.05, 0) is 38.8 Å². The molecule has 1 heterocycles. The Balaban J connectivity index is 2.96. The third-order valence-corrected chi connectivity index (χ3v) is 3.37. The van der Waals surface area contributed by atoms with E-state index in [1.54, 1.807) is 0 Å². The highest BCUT2D eigenvalue weighted by atomic mass is 15.3. The summed E-state index contributed by atoms with van der Waals surface area (Å²) in [6, 6.07) is 0.451. The number of likely N-dealkylation sites (N-methyl/N-ethyl adjacent to an activating group) is 1. The molecule has 0 spiro atoms. The molecule has 16 heavy (non-hydrogen) atoms. The van der Waals surface area contributed by atoms with E-state index < -0.39 is 0 Å². The first-order chi connectivity index (χ1) is 7.49. The Morgan fingerprint density at radius 2 is 1.88 bits per heavy atom. The van der Waals surface area contributed by atoms with E-state index in [1.807, 2.05) is 0 Å². The summed E-state index contributed by atoms with van der Waals surface area (Å²) in [5, 5.41) is 8.08. The average Bonchev–Trinajstić information content (AvgIpc) is 2.47. The SMILES string of the molecule is CCNCC(C(C)C)n1nc(C)c(C)c1C. The van der Waals surface area contributed by atoms with Crippen LogP contribution >= 0.6 is 0 Å². The summed E-state index contributed by atoms with van der Waals surface area (Å²) >= 11 is 0. The molecule has 0 saturated carbocycles. The van der Waals surface area contributed by atoms with Crippen molar-refractivity contribution >= 4 is 0 Å². The molecule has 1 rings (SSSR count). The van der Waals surface area contributed by atoms with Crippen molar-refractivity contribution < 1.29 is 0 Å². The van der Waals surface area contributed by atoms with Crippen LogP contribution in [0.15, 0.2) is 0 Å². The van der Waals surface area contributed by atoms with Crippen LogP contribution < -0.4 is 5.32 Å². The standard InChI is InChI=1S/C13H25N3/c1-7-14-8-13(9(2)3)16-12(6)10(4)11(5)15-16/h9,13-14H,7-8H2,1-6H3. The van der Waals surface area contributed by atoms with Crippen LogP contribution in [0.4, 0.5) is 0 Å². The summed E-state index contributed by atoms with van der Waals surface area (Å²) in [4.78, 5) is 0. The topological polar surface area (TPSA) is 29.9 Å². The number of rotatable bonds is 5. The van der Waals surface area contributed by atoms with Crippen LogP contribution in [-0.2, 0) is 0 Å². The minimum Gasteiger partial charge on any atom is -0.315 e. The lowest BCUT2D eigenvalue weighted by Crippen LogP contribution is -2.30. The summed E-state index contributed by atoms with van der Waals surface area (Å²) in [5.41, 5.74) is 3.77. The Morgan fingerprint density at radius 3 is 2.25 bits per heavy atom. The number of aryl methyl sites for hydroxylation is 1. The minimum absolute atomic E-state index is 0.451. The predicted octanol–water partition coefficient (Wildman–Crippen LogP) is 2.61. The van der Waals surface area contributed by atoms with E-state index in [0.717, 1.165) is 18.8 Å². The molecular formula is C13H25N3. The van der Waals surface area contributed by atoms with Gasteiger partial charge in [-0.3, -0.25) is 4.68 Å². The van der Waals surface area contributed by atoms with Gasteiger partial charge in [0.1, 0.15) is 0 Å². The summed E-state index contributed by atoms with van der Waals surface area (Å²) in [5.74, 6) is 0.594. The zero-order chi connectivity index (χ0) is 12.3. The lowest BCUT2D eigenvalue weighted by Gasteiger charge is -2.23. The highest BCUT2D eigenvalue weighted by Crippen LogP contribution is 2.21. The lowest BCUT2D eigenvalue weighted by atomic mass is 10.0. The molecule has 3 nitrogen and oxygen atoms in total. The van der Waals surface area contributed by atoms with E-state index in [-0.39, 0.29) is 0 Å². The monoisotopic (exact) mass is 223 g/mol. The Morgan fingerprint density at radius 1 is 1.25 bits per heavy atom. The Kier molecular flexibility index (Phi) is 4.54. The molecule has 1 N–H and O–H groups in total. The molecule has 1 aromatic rings.